The van der Waals surface area contributed by atoms with Crippen molar-refractivity contribution >= 4 is 21.9 Å². The number of halogens is 1. The van der Waals surface area contributed by atoms with Gasteiger partial charge in [-0.05, 0) is 28.4 Å². The highest BCUT2D eigenvalue weighted by Crippen LogP contribution is 2.27. The number of pyridine rings is 1. The van der Waals surface area contributed by atoms with Gasteiger partial charge in [-0.2, -0.15) is 0 Å². The molecule has 1 unspecified atom stereocenters. The molecule has 0 amide bonds. The number of esters is 1. The quantitative estimate of drug-likeness (QED) is 0.781. The molecule has 86 valence electrons. The van der Waals surface area contributed by atoms with Crippen molar-refractivity contribution in [3.63, 3.8) is 0 Å². The Morgan fingerprint density at radius 1 is 1.69 bits per heavy atom. The lowest BCUT2D eigenvalue weighted by Crippen LogP contribution is -2.06. The summed E-state index contributed by atoms with van der Waals surface area (Å²) in [7, 11) is 1.35. The number of rotatable bonds is 2. The van der Waals surface area contributed by atoms with E-state index in [0.29, 0.717) is 18.1 Å². The van der Waals surface area contributed by atoms with Gasteiger partial charge in [0, 0.05) is 28.9 Å². The number of carbonyl (C=O) groups excluding carboxylic acids is 1. The Morgan fingerprint density at radius 3 is 3.06 bits per heavy atom. The van der Waals surface area contributed by atoms with Crippen molar-refractivity contribution in [2.24, 2.45) is 0 Å². The molecule has 1 aromatic rings. The van der Waals surface area contributed by atoms with Crippen molar-refractivity contribution in [2.75, 3.05) is 20.3 Å². The summed E-state index contributed by atoms with van der Waals surface area (Å²) in [6.07, 6.45) is 2.53. The van der Waals surface area contributed by atoms with Crippen LogP contribution < -0.4 is 0 Å². The van der Waals surface area contributed by atoms with Crippen molar-refractivity contribution in [1.29, 1.82) is 0 Å². The van der Waals surface area contributed by atoms with E-state index < -0.39 is 0 Å². The van der Waals surface area contributed by atoms with Crippen molar-refractivity contribution in [2.45, 2.75) is 12.3 Å². The molecular formula is C11H12BrNO3. The van der Waals surface area contributed by atoms with Crippen LogP contribution in [0.4, 0.5) is 0 Å². The summed E-state index contributed by atoms with van der Waals surface area (Å²) in [5, 5.41) is 0. The monoisotopic (exact) mass is 285 g/mol. The third-order valence-electron chi connectivity index (χ3n) is 2.63. The van der Waals surface area contributed by atoms with Gasteiger partial charge in [-0.15, -0.1) is 0 Å². The fraction of sp³-hybridized carbons (Fsp3) is 0.455. The predicted molar refractivity (Wildman–Crippen MR) is 61.5 cm³/mol. The first-order chi connectivity index (χ1) is 7.72. The van der Waals surface area contributed by atoms with Gasteiger partial charge in [-0.3, -0.25) is 4.98 Å². The Labute approximate surface area is 102 Å². The molecule has 0 saturated carbocycles. The molecule has 1 aliphatic rings. The Bertz CT molecular complexity index is 402. The molecule has 4 nitrogen and oxygen atoms in total. The van der Waals surface area contributed by atoms with Crippen molar-refractivity contribution in [1.82, 2.24) is 4.98 Å². The smallest absolute Gasteiger partial charge is 0.340 e. The van der Waals surface area contributed by atoms with Gasteiger partial charge in [0.05, 0.1) is 19.3 Å². The van der Waals surface area contributed by atoms with Crippen LogP contribution in [0.2, 0.25) is 0 Å². The summed E-state index contributed by atoms with van der Waals surface area (Å²) in [6, 6.07) is 1.87. The first kappa shape index (κ1) is 11.5. The second kappa shape index (κ2) is 4.93. The summed E-state index contributed by atoms with van der Waals surface area (Å²) in [6.45, 7) is 1.49. The van der Waals surface area contributed by atoms with Gasteiger partial charge in [0.15, 0.2) is 0 Å². The molecule has 1 saturated heterocycles. The van der Waals surface area contributed by atoms with Gasteiger partial charge in [-0.25, -0.2) is 4.79 Å². The average molecular weight is 286 g/mol. The van der Waals surface area contributed by atoms with Crippen LogP contribution in [0.3, 0.4) is 0 Å². The molecule has 16 heavy (non-hydrogen) atoms. The van der Waals surface area contributed by atoms with E-state index >= 15 is 0 Å². The maximum atomic E-state index is 11.3. The standard InChI is InChI=1S/C11H12BrNO3/c1-15-11(14)8-5-13-10(4-9(8)12)7-2-3-16-6-7/h4-5,7H,2-3,6H2,1H3. The molecule has 0 N–H and O–H groups in total. The molecule has 0 bridgehead atoms. The lowest BCUT2D eigenvalue weighted by molar-refractivity contribution is 0.0599. The first-order valence-electron chi connectivity index (χ1n) is 5.04. The number of carbonyl (C=O) groups is 1. The van der Waals surface area contributed by atoms with Crippen LogP contribution in [-0.2, 0) is 9.47 Å². The zero-order chi connectivity index (χ0) is 11.5. The van der Waals surface area contributed by atoms with E-state index in [0.717, 1.165) is 23.2 Å². The molecule has 0 spiro atoms. The third kappa shape index (κ3) is 2.25. The van der Waals surface area contributed by atoms with Crippen LogP contribution in [0.25, 0.3) is 0 Å². The molecule has 1 atom stereocenters. The fourth-order valence-electron chi connectivity index (χ4n) is 1.70. The number of ether oxygens (including phenoxy) is 2. The van der Waals surface area contributed by atoms with Crippen LogP contribution in [0.1, 0.15) is 28.4 Å². The lowest BCUT2D eigenvalue weighted by atomic mass is 10.0. The van der Waals surface area contributed by atoms with Crippen molar-refractivity contribution < 1.29 is 14.3 Å². The van der Waals surface area contributed by atoms with E-state index in [9.17, 15) is 4.79 Å². The van der Waals surface area contributed by atoms with Gasteiger partial charge in [0.25, 0.3) is 0 Å². The highest BCUT2D eigenvalue weighted by atomic mass is 79.9. The van der Waals surface area contributed by atoms with Crippen LogP contribution in [0.5, 0.6) is 0 Å². The lowest BCUT2D eigenvalue weighted by Gasteiger charge is -2.09. The normalized spacial score (nSPS) is 19.8. The second-order valence-corrected chi connectivity index (χ2v) is 4.50. The molecular weight excluding hydrogens is 274 g/mol. The minimum atomic E-state index is -0.381. The van der Waals surface area contributed by atoms with Gasteiger partial charge in [-0.1, -0.05) is 0 Å². The summed E-state index contributed by atoms with van der Waals surface area (Å²) in [5.74, 6) is -0.0448. The Kier molecular flexibility index (Phi) is 3.56. The largest absolute Gasteiger partial charge is 0.465 e. The first-order valence-corrected chi connectivity index (χ1v) is 5.83. The molecule has 0 aliphatic carbocycles. The topological polar surface area (TPSA) is 48.4 Å². The SMILES string of the molecule is COC(=O)c1cnc(C2CCOC2)cc1Br. The molecule has 0 aromatic carbocycles. The minimum Gasteiger partial charge on any atom is -0.465 e. The van der Waals surface area contributed by atoms with E-state index in [1.807, 2.05) is 6.07 Å². The summed E-state index contributed by atoms with van der Waals surface area (Å²) < 4.78 is 10.7. The van der Waals surface area contributed by atoms with Crippen LogP contribution in [0.15, 0.2) is 16.7 Å². The molecule has 2 heterocycles. The van der Waals surface area contributed by atoms with Crippen LogP contribution in [0, 0.1) is 0 Å². The Morgan fingerprint density at radius 2 is 2.50 bits per heavy atom. The summed E-state index contributed by atoms with van der Waals surface area (Å²) in [4.78, 5) is 15.6. The average Bonchev–Trinajstić information content (AvgIpc) is 2.81. The Hall–Kier alpha value is -0.940. The van der Waals surface area contributed by atoms with Crippen LogP contribution in [-0.4, -0.2) is 31.3 Å². The summed E-state index contributed by atoms with van der Waals surface area (Å²) in [5.41, 5.74) is 1.40. The molecule has 1 aliphatic heterocycles. The maximum Gasteiger partial charge on any atom is 0.340 e. The highest BCUT2D eigenvalue weighted by molar-refractivity contribution is 9.10. The Balaban J connectivity index is 2.25. The fourth-order valence-corrected chi connectivity index (χ4v) is 2.20. The maximum absolute atomic E-state index is 11.3. The number of hydrogen-bond acceptors (Lipinski definition) is 4. The van der Waals surface area contributed by atoms with E-state index in [2.05, 4.69) is 25.7 Å². The number of hydrogen-bond donors (Lipinski definition) is 0. The molecule has 0 radical (unpaired) electrons. The van der Waals surface area contributed by atoms with Gasteiger partial charge < -0.3 is 9.47 Å². The van der Waals surface area contributed by atoms with E-state index in [1.54, 1.807) is 6.20 Å². The van der Waals surface area contributed by atoms with Crippen LogP contribution >= 0.6 is 15.9 Å². The van der Waals surface area contributed by atoms with Crippen molar-refractivity contribution in [3.05, 3.63) is 28.0 Å². The molecule has 1 aromatic heterocycles. The molecule has 1 fully saturated rings. The van der Waals surface area contributed by atoms with Gasteiger partial charge >= 0.3 is 5.97 Å². The van der Waals surface area contributed by atoms with Gasteiger partial charge in [0.2, 0.25) is 0 Å². The summed E-state index contributed by atoms with van der Waals surface area (Å²) >= 11 is 3.35. The zero-order valence-electron chi connectivity index (χ0n) is 8.90. The number of methoxy groups -OCH3 is 1. The number of nitrogens with zero attached hydrogens (tertiary/aromatic N) is 1. The predicted octanol–water partition coefficient (Wildman–Crippen LogP) is 2.13. The highest BCUT2D eigenvalue weighted by Gasteiger charge is 2.21. The zero-order valence-corrected chi connectivity index (χ0v) is 10.5. The second-order valence-electron chi connectivity index (χ2n) is 3.64. The number of aromatic nitrogens is 1. The van der Waals surface area contributed by atoms with Crippen molar-refractivity contribution in [3.8, 4) is 0 Å². The third-order valence-corrected chi connectivity index (χ3v) is 3.28. The van der Waals surface area contributed by atoms with E-state index in [-0.39, 0.29) is 5.97 Å². The van der Waals surface area contributed by atoms with E-state index in [4.69, 9.17) is 4.74 Å². The van der Waals surface area contributed by atoms with E-state index in [1.165, 1.54) is 7.11 Å². The minimum absolute atomic E-state index is 0.336. The van der Waals surface area contributed by atoms with Gasteiger partial charge in [0.1, 0.15) is 0 Å². The molecule has 5 heteroatoms. The molecule has 2 rings (SSSR count).